The number of hydrogen-bond acceptors (Lipinski definition) is 2. The molecule has 0 radical (unpaired) electrons. The predicted molar refractivity (Wildman–Crippen MR) is 107 cm³/mol. The maximum atomic E-state index is 12.6. The highest BCUT2D eigenvalue weighted by molar-refractivity contribution is 5.80. The van der Waals surface area contributed by atoms with Crippen molar-refractivity contribution >= 4 is 11.9 Å². The molecule has 1 aliphatic rings. The van der Waals surface area contributed by atoms with Gasteiger partial charge in [0.05, 0.1) is 5.92 Å². The summed E-state index contributed by atoms with van der Waals surface area (Å²) in [6, 6.07) is 18.4. The molecule has 142 valence electrons. The molecule has 3 rings (SSSR count). The molecule has 0 spiro atoms. The number of carbonyl (C=O) groups excluding carboxylic acids is 2. The van der Waals surface area contributed by atoms with Crippen LogP contribution in [0, 0.1) is 5.92 Å². The summed E-state index contributed by atoms with van der Waals surface area (Å²) in [4.78, 5) is 28.1. The third kappa shape index (κ3) is 4.88. The molecule has 0 aromatic heterocycles. The molecular weight excluding hydrogens is 338 g/mol. The fraction of sp³-hybridized carbons (Fsp3) is 0.364. The van der Waals surface area contributed by atoms with E-state index in [1.54, 1.807) is 23.9 Å². The zero-order chi connectivity index (χ0) is 19.2. The first-order valence-electron chi connectivity index (χ1n) is 9.43. The van der Waals surface area contributed by atoms with Gasteiger partial charge in [0, 0.05) is 33.7 Å². The van der Waals surface area contributed by atoms with Gasteiger partial charge in [0.25, 0.3) is 0 Å². The number of urea groups is 1. The highest BCUT2D eigenvalue weighted by atomic mass is 16.2. The number of rotatable bonds is 4. The molecule has 5 heteroatoms. The van der Waals surface area contributed by atoms with Crippen LogP contribution in [0.25, 0.3) is 11.1 Å². The Morgan fingerprint density at radius 1 is 1.07 bits per heavy atom. The Labute approximate surface area is 161 Å². The first-order valence-corrected chi connectivity index (χ1v) is 9.43. The number of likely N-dealkylation sites (tertiary alicyclic amines) is 1. The molecule has 1 N–H and O–H groups in total. The van der Waals surface area contributed by atoms with Crippen molar-refractivity contribution in [2.45, 2.75) is 19.4 Å². The third-order valence-corrected chi connectivity index (χ3v) is 4.95. The van der Waals surface area contributed by atoms with Gasteiger partial charge in [-0.2, -0.15) is 0 Å². The molecule has 0 aliphatic carbocycles. The Kier molecular flexibility index (Phi) is 6.12. The van der Waals surface area contributed by atoms with E-state index in [0.717, 1.165) is 36.1 Å². The van der Waals surface area contributed by atoms with Gasteiger partial charge < -0.3 is 15.1 Å². The van der Waals surface area contributed by atoms with Crippen LogP contribution in [0.4, 0.5) is 4.79 Å². The summed E-state index contributed by atoms with van der Waals surface area (Å²) in [5.74, 6) is -0.115. The summed E-state index contributed by atoms with van der Waals surface area (Å²) < 4.78 is 0. The SMILES string of the molecule is CN(C)C(=O)N1CCC[C@H](C(=O)NCc2cccc(-c3ccccc3)c2)C1. The molecule has 1 heterocycles. The van der Waals surface area contributed by atoms with E-state index in [0.29, 0.717) is 13.1 Å². The zero-order valence-electron chi connectivity index (χ0n) is 16.0. The minimum atomic E-state index is -0.139. The largest absolute Gasteiger partial charge is 0.352 e. The second-order valence-electron chi connectivity index (χ2n) is 7.25. The first-order chi connectivity index (χ1) is 13.0. The van der Waals surface area contributed by atoms with Crippen LogP contribution in [-0.2, 0) is 11.3 Å². The molecule has 0 bridgehead atoms. The van der Waals surface area contributed by atoms with Gasteiger partial charge in [0.15, 0.2) is 0 Å². The molecule has 1 fully saturated rings. The maximum absolute atomic E-state index is 12.6. The first kappa shape index (κ1) is 19.0. The lowest BCUT2D eigenvalue weighted by Crippen LogP contribution is -2.48. The van der Waals surface area contributed by atoms with Crippen molar-refractivity contribution in [2.24, 2.45) is 5.92 Å². The lowest BCUT2D eigenvalue weighted by Gasteiger charge is -2.33. The Morgan fingerprint density at radius 3 is 2.56 bits per heavy atom. The quantitative estimate of drug-likeness (QED) is 0.903. The van der Waals surface area contributed by atoms with E-state index in [-0.39, 0.29) is 17.9 Å². The third-order valence-electron chi connectivity index (χ3n) is 4.95. The van der Waals surface area contributed by atoms with Crippen LogP contribution >= 0.6 is 0 Å². The standard InChI is InChI=1S/C22H27N3O2/c1-24(2)22(27)25-13-7-12-20(16-25)21(26)23-15-17-8-6-11-19(14-17)18-9-4-3-5-10-18/h3-6,8-11,14,20H,7,12-13,15-16H2,1-2H3,(H,23,26)/t20-/m0/s1. The van der Waals surface area contributed by atoms with Crippen LogP contribution in [0.3, 0.4) is 0 Å². The second kappa shape index (κ2) is 8.71. The lowest BCUT2D eigenvalue weighted by atomic mass is 9.97. The van der Waals surface area contributed by atoms with E-state index < -0.39 is 0 Å². The number of piperidine rings is 1. The number of carbonyl (C=O) groups is 2. The average Bonchev–Trinajstić information content (AvgIpc) is 2.72. The van der Waals surface area contributed by atoms with Crippen LogP contribution < -0.4 is 5.32 Å². The van der Waals surface area contributed by atoms with Crippen molar-refractivity contribution < 1.29 is 9.59 Å². The van der Waals surface area contributed by atoms with Crippen molar-refractivity contribution in [1.29, 1.82) is 0 Å². The minimum Gasteiger partial charge on any atom is -0.352 e. The second-order valence-corrected chi connectivity index (χ2v) is 7.25. The van der Waals surface area contributed by atoms with Crippen LogP contribution in [0.2, 0.25) is 0 Å². The van der Waals surface area contributed by atoms with E-state index in [1.165, 1.54) is 0 Å². The zero-order valence-corrected chi connectivity index (χ0v) is 16.0. The van der Waals surface area contributed by atoms with Gasteiger partial charge >= 0.3 is 6.03 Å². The topological polar surface area (TPSA) is 52.7 Å². The van der Waals surface area contributed by atoms with Crippen molar-refractivity contribution in [1.82, 2.24) is 15.1 Å². The van der Waals surface area contributed by atoms with Crippen LogP contribution in [0.1, 0.15) is 18.4 Å². The molecule has 0 saturated carbocycles. The molecule has 27 heavy (non-hydrogen) atoms. The number of benzene rings is 2. The number of nitrogens with one attached hydrogen (secondary N) is 1. The lowest BCUT2D eigenvalue weighted by molar-refractivity contribution is -0.126. The van der Waals surface area contributed by atoms with E-state index in [9.17, 15) is 9.59 Å². The van der Waals surface area contributed by atoms with E-state index in [4.69, 9.17) is 0 Å². The van der Waals surface area contributed by atoms with Gasteiger partial charge in [-0.3, -0.25) is 4.79 Å². The molecular formula is C22H27N3O2. The summed E-state index contributed by atoms with van der Waals surface area (Å²) in [5.41, 5.74) is 3.38. The summed E-state index contributed by atoms with van der Waals surface area (Å²) in [6.45, 7) is 1.71. The Balaban J connectivity index is 1.58. The van der Waals surface area contributed by atoms with Crippen LogP contribution in [0.5, 0.6) is 0 Å². The molecule has 1 saturated heterocycles. The van der Waals surface area contributed by atoms with Gasteiger partial charge in [0.1, 0.15) is 0 Å². The van der Waals surface area contributed by atoms with Gasteiger partial charge in [0.2, 0.25) is 5.91 Å². The molecule has 2 aromatic rings. The number of nitrogens with zero attached hydrogens (tertiary/aromatic N) is 2. The molecule has 3 amide bonds. The Bertz CT molecular complexity index is 789. The van der Waals surface area contributed by atoms with Crippen molar-refractivity contribution in [2.75, 3.05) is 27.2 Å². The fourth-order valence-electron chi connectivity index (χ4n) is 3.47. The number of hydrogen-bond donors (Lipinski definition) is 1. The summed E-state index contributed by atoms with van der Waals surface area (Å²) in [7, 11) is 3.48. The van der Waals surface area contributed by atoms with Crippen molar-refractivity contribution in [3.05, 3.63) is 60.2 Å². The normalized spacial score (nSPS) is 16.7. The van der Waals surface area contributed by atoms with Crippen molar-refractivity contribution in [3.63, 3.8) is 0 Å². The highest BCUT2D eigenvalue weighted by Gasteiger charge is 2.28. The fourth-order valence-corrected chi connectivity index (χ4v) is 3.47. The minimum absolute atomic E-state index is 0.0244. The Morgan fingerprint density at radius 2 is 1.81 bits per heavy atom. The van der Waals surface area contributed by atoms with Crippen LogP contribution in [0.15, 0.2) is 54.6 Å². The van der Waals surface area contributed by atoms with E-state index in [2.05, 4.69) is 29.6 Å². The van der Waals surface area contributed by atoms with Gasteiger partial charge in [-0.05, 0) is 35.6 Å². The summed E-state index contributed by atoms with van der Waals surface area (Å²) in [6.07, 6.45) is 1.69. The number of amides is 3. The predicted octanol–water partition coefficient (Wildman–Crippen LogP) is 3.36. The van der Waals surface area contributed by atoms with Gasteiger partial charge in [-0.25, -0.2) is 4.79 Å². The molecule has 1 atom stereocenters. The monoisotopic (exact) mass is 365 g/mol. The molecule has 0 unspecified atom stereocenters. The maximum Gasteiger partial charge on any atom is 0.319 e. The van der Waals surface area contributed by atoms with Crippen LogP contribution in [-0.4, -0.2) is 48.9 Å². The Hall–Kier alpha value is -2.82. The molecule has 5 nitrogen and oxygen atoms in total. The van der Waals surface area contributed by atoms with E-state index in [1.807, 2.05) is 30.3 Å². The van der Waals surface area contributed by atoms with Crippen molar-refractivity contribution in [3.8, 4) is 11.1 Å². The molecule has 1 aliphatic heterocycles. The smallest absolute Gasteiger partial charge is 0.319 e. The summed E-state index contributed by atoms with van der Waals surface area (Å²) in [5, 5.41) is 3.05. The van der Waals surface area contributed by atoms with Gasteiger partial charge in [-0.1, -0.05) is 48.5 Å². The van der Waals surface area contributed by atoms with E-state index >= 15 is 0 Å². The molecule has 2 aromatic carbocycles. The summed E-state index contributed by atoms with van der Waals surface area (Å²) >= 11 is 0. The average molecular weight is 365 g/mol. The highest BCUT2D eigenvalue weighted by Crippen LogP contribution is 2.21. The van der Waals surface area contributed by atoms with Gasteiger partial charge in [-0.15, -0.1) is 0 Å².